The monoisotopic (exact) mass is 394 g/mol. The molecule has 0 spiro atoms. The fourth-order valence-electron chi connectivity index (χ4n) is 4.20. The van der Waals surface area contributed by atoms with Crippen molar-refractivity contribution < 1.29 is 5.11 Å². The first-order valence-corrected chi connectivity index (χ1v) is 10.9. The highest BCUT2D eigenvalue weighted by Gasteiger charge is 2.37. The van der Waals surface area contributed by atoms with Crippen LogP contribution in [-0.4, -0.2) is 47.8 Å². The van der Waals surface area contributed by atoms with Gasteiger partial charge < -0.3 is 15.3 Å². The van der Waals surface area contributed by atoms with Crippen molar-refractivity contribution in [2.75, 3.05) is 26.2 Å². The summed E-state index contributed by atoms with van der Waals surface area (Å²) < 4.78 is 0. The van der Waals surface area contributed by atoms with Gasteiger partial charge in [-0.15, -0.1) is 0 Å². The van der Waals surface area contributed by atoms with Gasteiger partial charge in [-0.1, -0.05) is 58.4 Å². The van der Waals surface area contributed by atoms with Crippen LogP contribution in [0.15, 0.2) is 24.3 Å². The second kappa shape index (κ2) is 9.26. The van der Waals surface area contributed by atoms with Gasteiger partial charge >= 0.3 is 0 Å². The predicted octanol–water partition coefficient (Wildman–Crippen LogP) is 4.93. The zero-order valence-corrected chi connectivity index (χ0v) is 18.8. The predicted molar refractivity (Wildman–Crippen MR) is 117 cm³/mol. The van der Waals surface area contributed by atoms with Crippen LogP contribution in [0.25, 0.3) is 0 Å². The second-order valence-electron chi connectivity index (χ2n) is 9.70. The quantitative estimate of drug-likeness (QED) is 0.656. The fourth-order valence-corrected chi connectivity index (χ4v) is 4.33. The molecule has 0 saturated carbocycles. The third-order valence-corrected chi connectivity index (χ3v) is 6.60. The molecule has 1 unspecified atom stereocenters. The molecule has 0 radical (unpaired) electrons. The molecule has 2 rings (SSSR count). The molecule has 1 saturated heterocycles. The van der Waals surface area contributed by atoms with E-state index in [0.717, 1.165) is 31.1 Å². The third kappa shape index (κ3) is 6.45. The maximum atomic E-state index is 10.3. The molecule has 1 aliphatic rings. The number of halogens is 1. The molecule has 0 aliphatic carbocycles. The van der Waals surface area contributed by atoms with E-state index in [9.17, 15) is 5.11 Å². The zero-order valence-electron chi connectivity index (χ0n) is 18.1. The Morgan fingerprint density at radius 3 is 2.44 bits per heavy atom. The van der Waals surface area contributed by atoms with E-state index >= 15 is 0 Å². The standard InChI is InChI=1S/C23H39ClN2O/c1-7-23(6,27)15-25-21(17(2)3)14-26-13-12-20(22(4,5)16-26)18-8-10-19(24)11-9-18/h8-11,17,20-21,25,27H,7,12-16H2,1-6H3/t20-,21+,23?/m1/s1. The Labute approximate surface area is 171 Å². The SMILES string of the molecule is CCC(C)(O)CN[C@@H](CN1CC[C@H](c2ccc(Cl)cc2)C(C)(C)C1)C(C)C. The lowest BCUT2D eigenvalue weighted by molar-refractivity contribution is 0.0424. The molecule has 2 N–H and O–H groups in total. The molecule has 154 valence electrons. The average molecular weight is 395 g/mol. The number of nitrogens with one attached hydrogen (secondary N) is 1. The lowest BCUT2D eigenvalue weighted by Gasteiger charge is -2.46. The van der Waals surface area contributed by atoms with E-state index in [4.69, 9.17) is 11.6 Å². The largest absolute Gasteiger partial charge is 0.389 e. The van der Waals surface area contributed by atoms with Gasteiger partial charge in [-0.2, -0.15) is 0 Å². The molecule has 3 nitrogen and oxygen atoms in total. The van der Waals surface area contributed by atoms with Gasteiger partial charge in [-0.05, 0) is 61.3 Å². The van der Waals surface area contributed by atoms with E-state index in [2.05, 4.69) is 50.0 Å². The summed E-state index contributed by atoms with van der Waals surface area (Å²) in [5, 5.41) is 14.8. The summed E-state index contributed by atoms with van der Waals surface area (Å²) in [5.41, 5.74) is 0.998. The van der Waals surface area contributed by atoms with Crippen molar-refractivity contribution in [3.8, 4) is 0 Å². The Balaban J connectivity index is 1.99. The van der Waals surface area contributed by atoms with Gasteiger partial charge in [0, 0.05) is 30.7 Å². The Morgan fingerprint density at radius 2 is 1.93 bits per heavy atom. The summed E-state index contributed by atoms with van der Waals surface area (Å²) in [6, 6.07) is 8.80. The summed E-state index contributed by atoms with van der Waals surface area (Å²) in [4.78, 5) is 2.60. The molecule has 0 bridgehead atoms. The van der Waals surface area contributed by atoms with E-state index in [1.54, 1.807) is 0 Å². The maximum absolute atomic E-state index is 10.3. The summed E-state index contributed by atoms with van der Waals surface area (Å²) in [5.74, 6) is 1.10. The third-order valence-electron chi connectivity index (χ3n) is 6.35. The van der Waals surface area contributed by atoms with E-state index in [-0.39, 0.29) is 5.41 Å². The van der Waals surface area contributed by atoms with Crippen LogP contribution in [0.3, 0.4) is 0 Å². The Morgan fingerprint density at radius 1 is 1.30 bits per heavy atom. The van der Waals surface area contributed by atoms with E-state index in [1.807, 2.05) is 26.0 Å². The van der Waals surface area contributed by atoms with Crippen molar-refractivity contribution in [3.05, 3.63) is 34.9 Å². The number of hydrogen-bond donors (Lipinski definition) is 2. The van der Waals surface area contributed by atoms with Gasteiger partial charge in [0.2, 0.25) is 0 Å². The Bertz CT molecular complexity index is 583. The molecule has 27 heavy (non-hydrogen) atoms. The Hall–Kier alpha value is -0.610. The minimum Gasteiger partial charge on any atom is -0.389 e. The number of piperidine rings is 1. The lowest BCUT2D eigenvalue weighted by Crippen LogP contribution is -2.53. The number of likely N-dealkylation sites (tertiary alicyclic amines) is 1. The van der Waals surface area contributed by atoms with Crippen LogP contribution in [0, 0.1) is 11.3 Å². The average Bonchev–Trinajstić information content (AvgIpc) is 2.59. The van der Waals surface area contributed by atoms with Gasteiger partial charge in [0.15, 0.2) is 0 Å². The molecule has 1 heterocycles. The summed E-state index contributed by atoms with van der Waals surface area (Å²) in [7, 11) is 0. The molecule has 3 atom stereocenters. The van der Waals surface area contributed by atoms with Crippen LogP contribution in [-0.2, 0) is 0 Å². The van der Waals surface area contributed by atoms with E-state index in [0.29, 0.717) is 24.4 Å². The van der Waals surface area contributed by atoms with Gasteiger partial charge in [0.1, 0.15) is 0 Å². The van der Waals surface area contributed by atoms with Crippen LogP contribution in [0.1, 0.15) is 65.9 Å². The first-order valence-electron chi connectivity index (χ1n) is 10.5. The molecule has 0 aromatic heterocycles. The number of aliphatic hydroxyl groups is 1. The fraction of sp³-hybridized carbons (Fsp3) is 0.739. The minimum atomic E-state index is -0.631. The molecular weight excluding hydrogens is 356 g/mol. The molecular formula is C23H39ClN2O. The summed E-state index contributed by atoms with van der Waals surface area (Å²) >= 11 is 6.07. The summed E-state index contributed by atoms with van der Waals surface area (Å²) in [6.45, 7) is 17.2. The smallest absolute Gasteiger partial charge is 0.0741 e. The molecule has 0 amide bonds. The molecule has 4 heteroatoms. The molecule has 1 aromatic rings. The first kappa shape index (κ1) is 22.7. The van der Waals surface area contributed by atoms with E-state index in [1.165, 1.54) is 12.0 Å². The highest BCUT2D eigenvalue weighted by Crippen LogP contribution is 2.42. The topological polar surface area (TPSA) is 35.5 Å². The second-order valence-corrected chi connectivity index (χ2v) is 10.1. The van der Waals surface area contributed by atoms with Gasteiger partial charge in [-0.3, -0.25) is 0 Å². The number of rotatable bonds is 8. The Kier molecular flexibility index (Phi) is 7.78. The van der Waals surface area contributed by atoms with Crippen LogP contribution in [0.2, 0.25) is 5.02 Å². The van der Waals surface area contributed by atoms with Crippen molar-refractivity contribution in [3.63, 3.8) is 0 Å². The van der Waals surface area contributed by atoms with Crippen LogP contribution in [0.5, 0.6) is 0 Å². The van der Waals surface area contributed by atoms with Gasteiger partial charge in [0.05, 0.1) is 5.60 Å². The maximum Gasteiger partial charge on any atom is 0.0741 e. The summed E-state index contributed by atoms with van der Waals surface area (Å²) in [6.07, 6.45) is 1.94. The van der Waals surface area contributed by atoms with Gasteiger partial charge in [0.25, 0.3) is 0 Å². The molecule has 1 aliphatic heterocycles. The van der Waals surface area contributed by atoms with Gasteiger partial charge in [-0.25, -0.2) is 0 Å². The van der Waals surface area contributed by atoms with Crippen molar-refractivity contribution in [1.82, 2.24) is 10.2 Å². The van der Waals surface area contributed by atoms with Crippen molar-refractivity contribution >= 4 is 11.6 Å². The van der Waals surface area contributed by atoms with E-state index < -0.39 is 5.60 Å². The van der Waals surface area contributed by atoms with Crippen molar-refractivity contribution in [1.29, 1.82) is 0 Å². The van der Waals surface area contributed by atoms with Crippen LogP contribution >= 0.6 is 11.6 Å². The normalized spacial score (nSPS) is 24.0. The molecule has 1 fully saturated rings. The number of nitrogens with zero attached hydrogens (tertiary/aromatic N) is 1. The highest BCUT2D eigenvalue weighted by molar-refractivity contribution is 6.30. The number of hydrogen-bond acceptors (Lipinski definition) is 3. The lowest BCUT2D eigenvalue weighted by atomic mass is 9.70. The van der Waals surface area contributed by atoms with Crippen molar-refractivity contribution in [2.24, 2.45) is 11.3 Å². The first-order chi connectivity index (χ1) is 12.5. The number of benzene rings is 1. The van der Waals surface area contributed by atoms with Crippen LogP contribution in [0.4, 0.5) is 0 Å². The molecule has 1 aromatic carbocycles. The zero-order chi connectivity index (χ0) is 20.2. The minimum absolute atomic E-state index is 0.225. The van der Waals surface area contributed by atoms with Crippen molar-refractivity contribution in [2.45, 2.75) is 71.9 Å². The highest BCUT2D eigenvalue weighted by atomic mass is 35.5. The van der Waals surface area contributed by atoms with Crippen LogP contribution < -0.4 is 5.32 Å².